The predicted molar refractivity (Wildman–Crippen MR) is 113 cm³/mol. The summed E-state index contributed by atoms with van der Waals surface area (Å²) in [7, 11) is 0. The maximum Gasteiger partial charge on any atom is 0.420 e. The van der Waals surface area contributed by atoms with Gasteiger partial charge in [-0.05, 0) is 67.0 Å². The summed E-state index contributed by atoms with van der Waals surface area (Å²) in [5.74, 6) is 0.566. The van der Waals surface area contributed by atoms with Gasteiger partial charge in [0.25, 0.3) is 0 Å². The number of aliphatic hydroxyl groups excluding tert-OH is 1. The van der Waals surface area contributed by atoms with Crippen LogP contribution in [-0.2, 0) is 11.7 Å². The summed E-state index contributed by atoms with van der Waals surface area (Å²) in [6, 6.07) is 7.66. The molecule has 1 atom stereocenters. The molecule has 0 spiro atoms. The van der Waals surface area contributed by atoms with Gasteiger partial charge in [-0.1, -0.05) is 44.4 Å². The SMILES string of the molecule is CCCCC1CCC(Oc2ccc3cc(C(C)(N)CO)ccc3c2C(F)(F)F)CC1. The van der Waals surface area contributed by atoms with Crippen LogP contribution in [0.2, 0.25) is 0 Å². The van der Waals surface area contributed by atoms with Gasteiger partial charge in [0.2, 0.25) is 0 Å². The maximum absolute atomic E-state index is 14.0. The van der Waals surface area contributed by atoms with Gasteiger partial charge in [-0.15, -0.1) is 0 Å². The molecule has 1 aliphatic carbocycles. The third-order valence-electron chi connectivity index (χ3n) is 6.31. The van der Waals surface area contributed by atoms with E-state index in [-0.39, 0.29) is 23.8 Å². The minimum absolute atomic E-state index is 0.0918. The maximum atomic E-state index is 14.0. The summed E-state index contributed by atoms with van der Waals surface area (Å²) in [6.07, 6.45) is 2.49. The molecule has 0 radical (unpaired) electrons. The van der Waals surface area contributed by atoms with Crippen molar-refractivity contribution in [2.24, 2.45) is 11.7 Å². The van der Waals surface area contributed by atoms with Crippen molar-refractivity contribution in [2.45, 2.75) is 76.6 Å². The Morgan fingerprint density at radius 1 is 1.10 bits per heavy atom. The predicted octanol–water partition coefficient (Wildman–Crippen LogP) is 6.15. The Bertz CT molecular complexity index is 855. The number of unbranched alkanes of at least 4 members (excludes halogenated alkanes) is 1. The number of aliphatic hydroxyl groups is 1. The van der Waals surface area contributed by atoms with E-state index >= 15 is 0 Å². The van der Waals surface area contributed by atoms with Crippen molar-refractivity contribution in [1.29, 1.82) is 0 Å². The van der Waals surface area contributed by atoms with Gasteiger partial charge in [0.15, 0.2) is 0 Å². The van der Waals surface area contributed by atoms with Gasteiger partial charge >= 0.3 is 6.18 Å². The molecule has 1 unspecified atom stereocenters. The quantitative estimate of drug-likeness (QED) is 0.561. The summed E-state index contributed by atoms with van der Waals surface area (Å²) < 4.78 is 47.9. The molecule has 1 saturated carbocycles. The van der Waals surface area contributed by atoms with E-state index in [1.165, 1.54) is 31.4 Å². The van der Waals surface area contributed by atoms with E-state index in [1.807, 2.05) is 0 Å². The Morgan fingerprint density at radius 3 is 2.40 bits per heavy atom. The molecule has 2 aromatic carbocycles. The van der Waals surface area contributed by atoms with Gasteiger partial charge in [-0.25, -0.2) is 0 Å². The second-order valence-electron chi connectivity index (χ2n) is 8.85. The topological polar surface area (TPSA) is 55.5 Å². The lowest BCUT2D eigenvalue weighted by atomic mass is 9.84. The number of alkyl halides is 3. The van der Waals surface area contributed by atoms with Crippen molar-refractivity contribution < 1.29 is 23.0 Å². The Labute approximate surface area is 176 Å². The van der Waals surface area contributed by atoms with Crippen molar-refractivity contribution in [1.82, 2.24) is 0 Å². The molecule has 30 heavy (non-hydrogen) atoms. The van der Waals surface area contributed by atoms with Gasteiger partial charge < -0.3 is 15.6 Å². The van der Waals surface area contributed by atoms with Crippen LogP contribution in [0.4, 0.5) is 13.2 Å². The molecule has 0 bridgehead atoms. The monoisotopic (exact) mass is 423 g/mol. The molecule has 3 nitrogen and oxygen atoms in total. The van der Waals surface area contributed by atoms with Crippen LogP contribution >= 0.6 is 0 Å². The zero-order chi connectivity index (χ0) is 21.9. The minimum Gasteiger partial charge on any atom is -0.490 e. The molecule has 0 heterocycles. The van der Waals surface area contributed by atoms with Crippen LogP contribution < -0.4 is 10.5 Å². The third-order valence-corrected chi connectivity index (χ3v) is 6.31. The molecule has 1 fully saturated rings. The largest absolute Gasteiger partial charge is 0.490 e. The van der Waals surface area contributed by atoms with E-state index in [9.17, 15) is 18.3 Å². The van der Waals surface area contributed by atoms with Gasteiger partial charge in [-0.3, -0.25) is 0 Å². The molecule has 166 valence electrons. The first-order valence-electron chi connectivity index (χ1n) is 10.9. The van der Waals surface area contributed by atoms with Gasteiger partial charge in [0.1, 0.15) is 11.3 Å². The average molecular weight is 424 g/mol. The molecule has 2 aromatic rings. The average Bonchev–Trinajstić information content (AvgIpc) is 2.71. The molecule has 0 amide bonds. The molecule has 1 aliphatic rings. The van der Waals surface area contributed by atoms with E-state index in [0.29, 0.717) is 16.9 Å². The van der Waals surface area contributed by atoms with E-state index in [2.05, 4.69) is 6.92 Å². The number of hydrogen-bond donors (Lipinski definition) is 2. The number of fused-ring (bicyclic) bond motifs is 1. The van der Waals surface area contributed by atoms with E-state index < -0.39 is 17.3 Å². The first-order valence-corrected chi connectivity index (χ1v) is 10.9. The minimum atomic E-state index is -4.53. The zero-order valence-corrected chi connectivity index (χ0v) is 17.8. The number of rotatable bonds is 7. The molecule has 0 saturated heterocycles. The molecule has 0 aliphatic heterocycles. The number of nitrogens with two attached hydrogens (primary N) is 1. The van der Waals surface area contributed by atoms with Crippen molar-refractivity contribution in [3.63, 3.8) is 0 Å². The number of halogens is 3. The Balaban J connectivity index is 1.87. The van der Waals surface area contributed by atoms with Crippen LogP contribution in [0.3, 0.4) is 0 Å². The molecular formula is C24H32F3NO2. The summed E-state index contributed by atoms with van der Waals surface area (Å²) >= 11 is 0. The fraction of sp³-hybridized carbons (Fsp3) is 0.583. The number of hydrogen-bond acceptors (Lipinski definition) is 3. The molecular weight excluding hydrogens is 391 g/mol. The van der Waals surface area contributed by atoms with Crippen LogP contribution in [0.15, 0.2) is 30.3 Å². The third kappa shape index (κ3) is 5.09. The Kier molecular flexibility index (Phi) is 6.98. The van der Waals surface area contributed by atoms with Crippen LogP contribution in [0.1, 0.15) is 69.9 Å². The lowest BCUT2D eigenvalue weighted by Crippen LogP contribution is -2.36. The fourth-order valence-electron chi connectivity index (χ4n) is 4.36. The first kappa shape index (κ1) is 22.9. The summed E-state index contributed by atoms with van der Waals surface area (Å²) in [4.78, 5) is 0. The van der Waals surface area contributed by atoms with Crippen LogP contribution in [-0.4, -0.2) is 17.8 Å². The highest BCUT2D eigenvalue weighted by Crippen LogP contribution is 2.43. The summed E-state index contributed by atoms with van der Waals surface area (Å²) in [6.45, 7) is 3.52. The normalized spacial score (nSPS) is 22.1. The number of benzene rings is 2. The lowest BCUT2D eigenvalue weighted by molar-refractivity contribution is -0.138. The lowest BCUT2D eigenvalue weighted by Gasteiger charge is -2.30. The van der Waals surface area contributed by atoms with Crippen molar-refractivity contribution >= 4 is 10.8 Å². The van der Waals surface area contributed by atoms with Crippen LogP contribution in [0, 0.1) is 5.92 Å². The first-order chi connectivity index (χ1) is 14.2. The molecule has 6 heteroatoms. The van der Waals surface area contributed by atoms with Crippen molar-refractivity contribution in [3.05, 3.63) is 41.5 Å². The number of ether oxygens (including phenoxy) is 1. The second-order valence-corrected chi connectivity index (χ2v) is 8.85. The van der Waals surface area contributed by atoms with E-state index in [0.717, 1.165) is 25.7 Å². The van der Waals surface area contributed by atoms with E-state index in [1.54, 1.807) is 25.1 Å². The second kappa shape index (κ2) is 9.15. The molecule has 3 rings (SSSR count). The standard InChI is InChI=1S/C24H32F3NO2/c1-3-4-5-16-6-10-19(11-7-16)30-21-13-8-17-14-18(23(2,28)15-29)9-12-20(17)22(21)24(25,26)27/h8-9,12-14,16,19,29H,3-7,10-11,15,28H2,1-2H3. The summed E-state index contributed by atoms with van der Waals surface area (Å²) in [5.41, 5.74) is 4.89. The van der Waals surface area contributed by atoms with Crippen LogP contribution in [0.25, 0.3) is 10.8 Å². The van der Waals surface area contributed by atoms with Gasteiger partial charge in [-0.2, -0.15) is 13.2 Å². The summed E-state index contributed by atoms with van der Waals surface area (Å²) in [5, 5.41) is 9.99. The van der Waals surface area contributed by atoms with Crippen molar-refractivity contribution in [3.8, 4) is 5.75 Å². The van der Waals surface area contributed by atoms with E-state index in [4.69, 9.17) is 10.5 Å². The highest BCUT2D eigenvalue weighted by atomic mass is 19.4. The van der Waals surface area contributed by atoms with Gasteiger partial charge in [0, 0.05) is 0 Å². The zero-order valence-electron chi connectivity index (χ0n) is 17.8. The Hall–Kier alpha value is -1.79. The smallest absolute Gasteiger partial charge is 0.420 e. The molecule has 3 N–H and O–H groups in total. The fourth-order valence-corrected chi connectivity index (χ4v) is 4.36. The Morgan fingerprint density at radius 2 is 1.80 bits per heavy atom. The van der Waals surface area contributed by atoms with Crippen LogP contribution in [0.5, 0.6) is 5.75 Å². The highest BCUT2D eigenvalue weighted by molar-refractivity contribution is 5.89. The highest BCUT2D eigenvalue weighted by Gasteiger charge is 2.37. The van der Waals surface area contributed by atoms with Crippen molar-refractivity contribution in [2.75, 3.05) is 6.61 Å². The van der Waals surface area contributed by atoms with Gasteiger partial charge in [0.05, 0.1) is 18.2 Å². The molecule has 0 aromatic heterocycles.